The largest absolute Gasteiger partial charge is 0.493 e. The Kier molecular flexibility index (Phi) is 7.64. The molecule has 166 valence electrons. The molecule has 1 aromatic carbocycles. The average Bonchev–Trinajstić information content (AvgIpc) is 3.19. The van der Waals surface area contributed by atoms with Crippen molar-refractivity contribution in [3.8, 4) is 5.75 Å². The molecule has 3 rings (SSSR count). The van der Waals surface area contributed by atoms with Crippen LogP contribution in [0.3, 0.4) is 0 Å². The van der Waals surface area contributed by atoms with Gasteiger partial charge < -0.3 is 25.3 Å². The number of amidine groups is 1. The number of carbonyl (C=O) groups is 1. The second kappa shape index (κ2) is 10.6. The molecular formula is C22H29N5O4. The minimum atomic E-state index is -0.235. The maximum absolute atomic E-state index is 12.6. The van der Waals surface area contributed by atoms with Crippen molar-refractivity contribution >= 4 is 17.8 Å². The Hall–Kier alpha value is -3.36. The number of oxime groups is 1. The topological polar surface area (TPSA) is 123 Å². The number of aromatic nitrogens is 2. The van der Waals surface area contributed by atoms with Crippen LogP contribution in [-0.4, -0.2) is 53.3 Å². The number of rotatable bonds is 9. The fourth-order valence-electron chi connectivity index (χ4n) is 3.69. The van der Waals surface area contributed by atoms with Crippen molar-refractivity contribution in [2.24, 2.45) is 22.7 Å². The van der Waals surface area contributed by atoms with Crippen molar-refractivity contribution in [1.82, 2.24) is 9.97 Å². The highest BCUT2D eigenvalue weighted by Gasteiger charge is 2.39. The molecule has 1 aromatic heterocycles. The van der Waals surface area contributed by atoms with Crippen molar-refractivity contribution in [3.05, 3.63) is 47.8 Å². The maximum Gasteiger partial charge on any atom is 0.311 e. The van der Waals surface area contributed by atoms with Gasteiger partial charge in [0.05, 0.1) is 19.1 Å². The van der Waals surface area contributed by atoms with Gasteiger partial charge in [-0.2, -0.15) is 0 Å². The Morgan fingerprint density at radius 2 is 2.06 bits per heavy atom. The van der Waals surface area contributed by atoms with E-state index in [-0.39, 0.29) is 23.6 Å². The molecule has 31 heavy (non-hydrogen) atoms. The summed E-state index contributed by atoms with van der Waals surface area (Å²) in [7, 11) is 0. The first-order valence-corrected chi connectivity index (χ1v) is 10.4. The molecule has 0 saturated carbocycles. The summed E-state index contributed by atoms with van der Waals surface area (Å²) >= 11 is 0. The van der Waals surface area contributed by atoms with E-state index in [2.05, 4.69) is 20.0 Å². The van der Waals surface area contributed by atoms with Crippen LogP contribution >= 0.6 is 0 Å². The van der Waals surface area contributed by atoms with Crippen LogP contribution in [-0.2, 0) is 16.0 Å². The highest BCUT2D eigenvalue weighted by Crippen LogP contribution is 2.30. The predicted octanol–water partition coefficient (Wildman–Crippen LogP) is 2.16. The van der Waals surface area contributed by atoms with Gasteiger partial charge in [-0.3, -0.25) is 4.79 Å². The van der Waals surface area contributed by atoms with Crippen molar-refractivity contribution in [3.63, 3.8) is 0 Å². The molecule has 1 saturated heterocycles. The van der Waals surface area contributed by atoms with Crippen LogP contribution in [0.5, 0.6) is 5.75 Å². The monoisotopic (exact) mass is 427 g/mol. The first kappa shape index (κ1) is 22.3. The second-order valence-corrected chi connectivity index (χ2v) is 7.56. The third kappa shape index (κ3) is 6.07. The summed E-state index contributed by atoms with van der Waals surface area (Å²) in [5, 5.41) is 11.5. The highest BCUT2D eigenvalue weighted by molar-refractivity contribution is 5.79. The Bertz CT molecular complexity index is 903. The molecule has 0 bridgehead atoms. The number of hydrogen-bond acceptors (Lipinski definition) is 8. The summed E-state index contributed by atoms with van der Waals surface area (Å²) in [4.78, 5) is 23.5. The molecule has 2 aromatic rings. The molecule has 0 unspecified atom stereocenters. The lowest BCUT2D eigenvalue weighted by Gasteiger charge is -2.17. The number of esters is 1. The van der Waals surface area contributed by atoms with Gasteiger partial charge in [0, 0.05) is 31.4 Å². The molecular weight excluding hydrogens is 398 g/mol. The van der Waals surface area contributed by atoms with Gasteiger partial charge in [-0.05, 0) is 49.9 Å². The van der Waals surface area contributed by atoms with E-state index in [1.54, 1.807) is 6.20 Å². The van der Waals surface area contributed by atoms with Crippen LogP contribution in [0.4, 0.5) is 5.95 Å². The number of hydrogen-bond donors (Lipinski definition) is 2. The van der Waals surface area contributed by atoms with Crippen LogP contribution in [0.25, 0.3) is 0 Å². The van der Waals surface area contributed by atoms with Gasteiger partial charge in [0.1, 0.15) is 11.6 Å². The van der Waals surface area contributed by atoms with Crippen molar-refractivity contribution < 1.29 is 19.5 Å². The molecule has 2 heterocycles. The summed E-state index contributed by atoms with van der Waals surface area (Å²) in [5.74, 6) is 1.16. The van der Waals surface area contributed by atoms with Crippen LogP contribution in [0, 0.1) is 18.8 Å². The van der Waals surface area contributed by atoms with Crippen LogP contribution in [0.1, 0.15) is 24.6 Å². The third-order valence-corrected chi connectivity index (χ3v) is 5.27. The minimum absolute atomic E-state index is 0.0931. The van der Waals surface area contributed by atoms with Gasteiger partial charge in [0.25, 0.3) is 0 Å². The number of nitrogens with two attached hydrogens (primary N) is 1. The van der Waals surface area contributed by atoms with E-state index in [4.69, 9.17) is 20.4 Å². The molecule has 2 atom stereocenters. The fourth-order valence-corrected chi connectivity index (χ4v) is 3.69. The molecule has 9 heteroatoms. The third-order valence-electron chi connectivity index (χ3n) is 5.27. The quantitative estimate of drug-likeness (QED) is 0.205. The Balaban J connectivity index is 1.66. The first-order chi connectivity index (χ1) is 15.0. The maximum atomic E-state index is 12.6. The lowest BCUT2D eigenvalue weighted by molar-refractivity contribution is -0.148. The van der Waals surface area contributed by atoms with Gasteiger partial charge in [-0.1, -0.05) is 17.3 Å². The average molecular weight is 428 g/mol. The number of aryl methyl sites for hydroxylation is 1. The van der Waals surface area contributed by atoms with Crippen molar-refractivity contribution in [1.29, 1.82) is 0 Å². The minimum Gasteiger partial charge on any atom is -0.493 e. The lowest BCUT2D eigenvalue weighted by atomic mass is 9.90. The zero-order valence-corrected chi connectivity index (χ0v) is 17.9. The summed E-state index contributed by atoms with van der Waals surface area (Å²) in [6, 6.07) is 9.61. The first-order valence-electron chi connectivity index (χ1n) is 10.4. The number of carbonyl (C=O) groups excluding carboxylic acids is 1. The normalized spacial score (nSPS) is 18.8. The zero-order chi connectivity index (χ0) is 22.2. The molecule has 1 aliphatic heterocycles. The van der Waals surface area contributed by atoms with E-state index in [0.717, 1.165) is 17.7 Å². The standard InChI is InChI=1S/C22H29N5O4/c1-3-30-21(28)19-14-27(22-24-10-8-15(2)25-22)13-17(19)12-16-4-6-18(7-5-16)31-11-9-20(23)26-29/h4-8,10,17,19,29H,3,9,11-14H2,1-2H3,(H2,23,26)/t17-,19+/m1/s1. The predicted molar refractivity (Wildman–Crippen MR) is 116 cm³/mol. The molecule has 0 aliphatic carbocycles. The number of benzene rings is 1. The summed E-state index contributed by atoms with van der Waals surface area (Å²) in [6.07, 6.45) is 2.82. The van der Waals surface area contributed by atoms with Gasteiger partial charge in [0.2, 0.25) is 5.95 Å². The second-order valence-electron chi connectivity index (χ2n) is 7.56. The number of nitrogens with zero attached hydrogens (tertiary/aromatic N) is 4. The molecule has 1 fully saturated rings. The van der Waals surface area contributed by atoms with Gasteiger partial charge in [-0.15, -0.1) is 0 Å². The summed E-state index contributed by atoms with van der Waals surface area (Å²) in [6.45, 7) is 5.67. The lowest BCUT2D eigenvalue weighted by Crippen LogP contribution is -2.27. The Morgan fingerprint density at radius 1 is 1.29 bits per heavy atom. The number of anilines is 1. The smallest absolute Gasteiger partial charge is 0.311 e. The van der Waals surface area contributed by atoms with Gasteiger partial charge >= 0.3 is 5.97 Å². The van der Waals surface area contributed by atoms with Gasteiger partial charge in [-0.25, -0.2) is 9.97 Å². The molecule has 9 nitrogen and oxygen atoms in total. The van der Waals surface area contributed by atoms with E-state index in [1.165, 1.54) is 0 Å². The zero-order valence-electron chi connectivity index (χ0n) is 17.9. The summed E-state index contributed by atoms with van der Waals surface area (Å²) in [5.41, 5.74) is 7.44. The van der Waals surface area contributed by atoms with E-state index in [0.29, 0.717) is 44.4 Å². The van der Waals surface area contributed by atoms with E-state index < -0.39 is 0 Å². The molecule has 3 N–H and O–H groups in total. The SMILES string of the molecule is CCOC(=O)[C@H]1CN(c2nccc(C)n2)C[C@H]1Cc1ccc(OCC/C(N)=N/O)cc1. The molecule has 0 spiro atoms. The Labute approximate surface area is 181 Å². The van der Waals surface area contributed by atoms with E-state index in [9.17, 15) is 4.79 Å². The molecule has 0 amide bonds. The molecule has 1 aliphatic rings. The van der Waals surface area contributed by atoms with Gasteiger partial charge in [0.15, 0.2) is 0 Å². The van der Waals surface area contributed by atoms with Crippen molar-refractivity contribution in [2.75, 3.05) is 31.2 Å². The van der Waals surface area contributed by atoms with Crippen LogP contribution in [0.15, 0.2) is 41.7 Å². The highest BCUT2D eigenvalue weighted by atomic mass is 16.5. The molecule has 0 radical (unpaired) electrons. The summed E-state index contributed by atoms with van der Waals surface area (Å²) < 4.78 is 10.9. The van der Waals surface area contributed by atoms with E-state index >= 15 is 0 Å². The number of ether oxygens (including phenoxy) is 2. The Morgan fingerprint density at radius 3 is 2.74 bits per heavy atom. The fraction of sp³-hybridized carbons (Fsp3) is 0.455. The van der Waals surface area contributed by atoms with Crippen LogP contribution in [0.2, 0.25) is 0 Å². The van der Waals surface area contributed by atoms with Crippen LogP contribution < -0.4 is 15.4 Å². The van der Waals surface area contributed by atoms with Crippen molar-refractivity contribution in [2.45, 2.75) is 26.7 Å². The van der Waals surface area contributed by atoms with E-state index in [1.807, 2.05) is 44.2 Å².